The van der Waals surface area contributed by atoms with Crippen LogP contribution >= 0.6 is 11.8 Å². The Kier molecular flexibility index (Phi) is 3.46. The van der Waals surface area contributed by atoms with Crippen LogP contribution in [-0.2, 0) is 0 Å². The molecule has 1 amide bonds. The van der Waals surface area contributed by atoms with E-state index in [2.05, 4.69) is 10.3 Å². The van der Waals surface area contributed by atoms with Gasteiger partial charge in [0.2, 0.25) is 0 Å². The third kappa shape index (κ3) is 2.74. The summed E-state index contributed by atoms with van der Waals surface area (Å²) in [5, 5.41) is 12.8. The first-order chi connectivity index (χ1) is 7.70. The third-order valence-corrected chi connectivity index (χ3v) is 3.84. The number of amides is 1. The van der Waals surface area contributed by atoms with Crippen molar-refractivity contribution in [2.45, 2.75) is 12.0 Å². The number of thioether (sulfide) groups is 1. The summed E-state index contributed by atoms with van der Waals surface area (Å²) in [6.07, 6.45) is 3.90. The van der Waals surface area contributed by atoms with Gasteiger partial charge in [-0.1, -0.05) is 0 Å². The van der Waals surface area contributed by atoms with Crippen LogP contribution in [0, 0.1) is 0 Å². The van der Waals surface area contributed by atoms with Crippen molar-refractivity contribution >= 4 is 17.7 Å². The Labute approximate surface area is 98.5 Å². The van der Waals surface area contributed by atoms with Gasteiger partial charge in [-0.05, 0) is 24.3 Å². The lowest BCUT2D eigenvalue weighted by atomic mass is 10.0. The van der Waals surface area contributed by atoms with Gasteiger partial charge in [0.15, 0.2) is 0 Å². The fourth-order valence-electron chi connectivity index (χ4n) is 1.59. The first-order valence-corrected chi connectivity index (χ1v) is 6.33. The molecule has 1 saturated heterocycles. The second-order valence-electron chi connectivity index (χ2n) is 3.95. The maximum atomic E-state index is 11.7. The number of rotatable bonds is 3. The first kappa shape index (κ1) is 11.4. The molecule has 1 fully saturated rings. The van der Waals surface area contributed by atoms with Gasteiger partial charge in [0, 0.05) is 30.3 Å². The van der Waals surface area contributed by atoms with E-state index in [1.165, 1.54) is 0 Å². The zero-order valence-electron chi connectivity index (χ0n) is 8.85. The fraction of sp³-hybridized carbons (Fsp3) is 0.455. The maximum absolute atomic E-state index is 11.7. The molecular weight excluding hydrogens is 224 g/mol. The van der Waals surface area contributed by atoms with Crippen LogP contribution in [0.25, 0.3) is 0 Å². The van der Waals surface area contributed by atoms with E-state index < -0.39 is 5.60 Å². The Morgan fingerprint density at radius 2 is 2.31 bits per heavy atom. The molecule has 0 spiro atoms. The summed E-state index contributed by atoms with van der Waals surface area (Å²) in [6.45, 7) is 0.321. The maximum Gasteiger partial charge on any atom is 0.251 e. The molecule has 1 unspecified atom stereocenters. The minimum atomic E-state index is -0.729. The molecular formula is C11H14N2O2S. The Bertz CT molecular complexity index is 364. The van der Waals surface area contributed by atoms with Gasteiger partial charge in [-0.25, -0.2) is 0 Å². The molecule has 2 N–H and O–H groups in total. The van der Waals surface area contributed by atoms with Gasteiger partial charge in [0.25, 0.3) is 5.91 Å². The molecule has 16 heavy (non-hydrogen) atoms. The van der Waals surface area contributed by atoms with Crippen molar-refractivity contribution in [2.75, 3.05) is 18.1 Å². The lowest BCUT2D eigenvalue weighted by Crippen LogP contribution is -2.42. The predicted octanol–water partition coefficient (Wildman–Crippen LogP) is 0.679. The van der Waals surface area contributed by atoms with Crippen molar-refractivity contribution in [3.8, 4) is 0 Å². The summed E-state index contributed by atoms with van der Waals surface area (Å²) < 4.78 is 0. The molecule has 1 aliphatic heterocycles. The topological polar surface area (TPSA) is 62.2 Å². The zero-order chi connectivity index (χ0) is 11.4. The minimum Gasteiger partial charge on any atom is -0.387 e. The summed E-state index contributed by atoms with van der Waals surface area (Å²) in [4.78, 5) is 15.5. The van der Waals surface area contributed by atoms with E-state index in [4.69, 9.17) is 0 Å². The van der Waals surface area contributed by atoms with Crippen LogP contribution in [0.4, 0.5) is 0 Å². The Balaban J connectivity index is 1.89. The van der Waals surface area contributed by atoms with Gasteiger partial charge in [0.1, 0.15) is 0 Å². The van der Waals surface area contributed by atoms with E-state index >= 15 is 0 Å². The summed E-state index contributed by atoms with van der Waals surface area (Å²) in [5.41, 5.74) is -0.155. The minimum absolute atomic E-state index is 0.160. The molecule has 1 aromatic rings. The molecule has 86 valence electrons. The third-order valence-electron chi connectivity index (χ3n) is 2.60. The molecule has 5 heteroatoms. The zero-order valence-corrected chi connectivity index (χ0v) is 9.67. The number of pyridine rings is 1. The van der Waals surface area contributed by atoms with Gasteiger partial charge in [0.05, 0.1) is 5.60 Å². The van der Waals surface area contributed by atoms with Gasteiger partial charge < -0.3 is 10.4 Å². The number of aromatic nitrogens is 1. The lowest BCUT2D eigenvalue weighted by Gasteiger charge is -2.21. The molecule has 0 bridgehead atoms. The van der Waals surface area contributed by atoms with Crippen molar-refractivity contribution in [1.82, 2.24) is 10.3 Å². The quantitative estimate of drug-likeness (QED) is 0.813. The highest BCUT2D eigenvalue weighted by molar-refractivity contribution is 7.99. The Morgan fingerprint density at radius 3 is 2.94 bits per heavy atom. The van der Waals surface area contributed by atoms with E-state index in [9.17, 15) is 9.90 Å². The fourth-order valence-corrected chi connectivity index (χ4v) is 2.88. The Morgan fingerprint density at radius 1 is 1.56 bits per heavy atom. The SMILES string of the molecule is O=C(NCC1(O)CCSC1)c1ccncc1. The number of nitrogens with zero attached hydrogens (tertiary/aromatic N) is 1. The van der Waals surface area contributed by atoms with E-state index in [0.29, 0.717) is 17.9 Å². The summed E-state index contributed by atoms with van der Waals surface area (Å²) in [7, 11) is 0. The summed E-state index contributed by atoms with van der Waals surface area (Å²) in [6, 6.07) is 3.31. The molecule has 0 aliphatic carbocycles. The first-order valence-electron chi connectivity index (χ1n) is 5.18. The van der Waals surface area contributed by atoms with Crippen molar-refractivity contribution in [3.05, 3.63) is 30.1 Å². The molecule has 0 saturated carbocycles. The number of hydrogen-bond donors (Lipinski definition) is 2. The summed E-state index contributed by atoms with van der Waals surface area (Å²) >= 11 is 1.72. The molecule has 4 nitrogen and oxygen atoms in total. The number of nitrogens with one attached hydrogen (secondary N) is 1. The van der Waals surface area contributed by atoms with Crippen LogP contribution < -0.4 is 5.32 Å². The second kappa shape index (κ2) is 4.84. The highest BCUT2D eigenvalue weighted by atomic mass is 32.2. The highest BCUT2D eigenvalue weighted by Gasteiger charge is 2.31. The second-order valence-corrected chi connectivity index (χ2v) is 5.05. The van der Waals surface area contributed by atoms with Gasteiger partial charge >= 0.3 is 0 Å². The number of carbonyl (C=O) groups excluding carboxylic acids is 1. The standard InChI is InChI=1S/C11H14N2O2S/c14-10(9-1-4-12-5-2-9)13-7-11(15)3-6-16-8-11/h1-2,4-5,15H,3,6-8H2,(H,13,14). The molecule has 2 heterocycles. The largest absolute Gasteiger partial charge is 0.387 e. The molecule has 0 radical (unpaired) electrons. The van der Waals surface area contributed by atoms with Gasteiger partial charge in [-0.15, -0.1) is 0 Å². The van der Waals surface area contributed by atoms with Crippen molar-refractivity contribution in [2.24, 2.45) is 0 Å². The molecule has 1 atom stereocenters. The molecule has 1 aromatic heterocycles. The smallest absolute Gasteiger partial charge is 0.251 e. The molecule has 1 aliphatic rings. The average molecular weight is 238 g/mol. The predicted molar refractivity (Wildman–Crippen MR) is 63.5 cm³/mol. The van der Waals surface area contributed by atoms with E-state index in [0.717, 1.165) is 12.2 Å². The Hall–Kier alpha value is -1.07. The lowest BCUT2D eigenvalue weighted by molar-refractivity contribution is 0.0612. The normalized spacial score (nSPS) is 24.3. The van der Waals surface area contributed by atoms with Crippen LogP contribution in [0.15, 0.2) is 24.5 Å². The van der Waals surface area contributed by atoms with Crippen molar-refractivity contribution in [1.29, 1.82) is 0 Å². The van der Waals surface area contributed by atoms with Crippen molar-refractivity contribution < 1.29 is 9.90 Å². The number of carbonyl (C=O) groups is 1. The van der Waals surface area contributed by atoms with Crippen molar-refractivity contribution in [3.63, 3.8) is 0 Å². The number of aliphatic hydroxyl groups is 1. The van der Waals surface area contributed by atoms with Crippen LogP contribution in [0.3, 0.4) is 0 Å². The van der Waals surface area contributed by atoms with Crippen LogP contribution in [0.5, 0.6) is 0 Å². The summed E-state index contributed by atoms with van der Waals surface area (Å²) in [5.74, 6) is 1.50. The molecule has 0 aromatic carbocycles. The number of hydrogen-bond acceptors (Lipinski definition) is 4. The van der Waals surface area contributed by atoms with E-state index in [1.807, 2.05) is 0 Å². The monoisotopic (exact) mass is 238 g/mol. The average Bonchev–Trinajstić information content (AvgIpc) is 2.75. The van der Waals surface area contributed by atoms with Gasteiger partial charge in [-0.2, -0.15) is 11.8 Å². The van der Waals surface area contributed by atoms with Gasteiger partial charge in [-0.3, -0.25) is 9.78 Å². The van der Waals surface area contributed by atoms with E-state index in [1.54, 1.807) is 36.3 Å². The molecule has 2 rings (SSSR count). The van der Waals surface area contributed by atoms with Crippen LogP contribution in [0.2, 0.25) is 0 Å². The van der Waals surface area contributed by atoms with Crippen LogP contribution in [-0.4, -0.2) is 39.6 Å². The highest BCUT2D eigenvalue weighted by Crippen LogP contribution is 2.26. The van der Waals surface area contributed by atoms with E-state index in [-0.39, 0.29) is 5.91 Å². The van der Waals surface area contributed by atoms with Crippen LogP contribution in [0.1, 0.15) is 16.8 Å².